The van der Waals surface area contributed by atoms with Crippen molar-refractivity contribution >= 4 is 17.7 Å². The number of hydrogen-bond donors (Lipinski definition) is 2. The first kappa shape index (κ1) is 17.0. The second-order valence-corrected chi connectivity index (χ2v) is 6.33. The van der Waals surface area contributed by atoms with Crippen LogP contribution in [0, 0.1) is 0 Å². The number of carbonyl (C=O) groups is 1. The topological polar surface area (TPSA) is 88.2 Å². The predicted molar refractivity (Wildman–Crippen MR) is 95.8 cm³/mol. The first-order chi connectivity index (χ1) is 12.1. The summed E-state index contributed by atoms with van der Waals surface area (Å²) in [6.45, 7) is 2.75. The van der Waals surface area contributed by atoms with E-state index in [1.54, 1.807) is 36.0 Å². The van der Waals surface area contributed by atoms with Crippen molar-refractivity contribution in [2.24, 2.45) is 0 Å². The third-order valence-corrected chi connectivity index (χ3v) is 4.77. The van der Waals surface area contributed by atoms with E-state index in [1.807, 2.05) is 35.8 Å². The minimum absolute atomic E-state index is 0.214. The van der Waals surface area contributed by atoms with Crippen LogP contribution in [0.2, 0.25) is 0 Å². The van der Waals surface area contributed by atoms with Crippen LogP contribution >= 0.6 is 11.8 Å². The Balaban J connectivity index is 1.76. The van der Waals surface area contributed by atoms with E-state index in [1.165, 1.54) is 0 Å². The number of aromatic hydroxyl groups is 1. The second-order valence-electron chi connectivity index (χ2n) is 5.39. The molecule has 3 rings (SSSR count). The van der Waals surface area contributed by atoms with Gasteiger partial charge in [-0.25, -0.2) is 4.79 Å². The highest BCUT2D eigenvalue weighted by molar-refractivity contribution is 7.98. The third-order valence-electron chi connectivity index (χ3n) is 3.73. The minimum atomic E-state index is -0.927. The summed E-state index contributed by atoms with van der Waals surface area (Å²) in [7, 11) is 0. The Labute approximate surface area is 149 Å². The number of aromatic nitrogens is 3. The van der Waals surface area contributed by atoms with E-state index in [9.17, 15) is 9.90 Å². The van der Waals surface area contributed by atoms with Crippen molar-refractivity contribution in [2.75, 3.05) is 0 Å². The lowest BCUT2D eigenvalue weighted by Gasteiger charge is -2.07. The molecule has 6 nitrogen and oxygen atoms in total. The number of carboxylic acids is 1. The Morgan fingerprint density at radius 3 is 2.36 bits per heavy atom. The number of phenolic OH excluding ortho intramolecular Hbond substituents is 1. The van der Waals surface area contributed by atoms with Crippen molar-refractivity contribution in [1.29, 1.82) is 0 Å². The van der Waals surface area contributed by atoms with Gasteiger partial charge in [-0.05, 0) is 48.9 Å². The monoisotopic (exact) mass is 355 g/mol. The van der Waals surface area contributed by atoms with E-state index in [0.717, 1.165) is 28.7 Å². The maximum atomic E-state index is 10.9. The van der Waals surface area contributed by atoms with Crippen LogP contribution < -0.4 is 0 Å². The molecular formula is C18H17N3O3S. The van der Waals surface area contributed by atoms with Crippen molar-refractivity contribution in [3.63, 3.8) is 0 Å². The molecule has 25 heavy (non-hydrogen) atoms. The molecular weight excluding hydrogens is 338 g/mol. The summed E-state index contributed by atoms with van der Waals surface area (Å²) in [5.41, 5.74) is 2.19. The molecule has 0 atom stereocenters. The Kier molecular flexibility index (Phi) is 5.04. The van der Waals surface area contributed by atoms with Gasteiger partial charge in [-0.2, -0.15) is 0 Å². The van der Waals surface area contributed by atoms with Gasteiger partial charge in [0, 0.05) is 17.9 Å². The average molecular weight is 355 g/mol. The normalized spacial score (nSPS) is 10.8. The summed E-state index contributed by atoms with van der Waals surface area (Å²) in [6, 6.07) is 13.7. The SMILES string of the molecule is CCn1c(SCc2ccc(C(=O)O)cc2)nnc1-c1ccc(O)cc1. The Bertz CT molecular complexity index is 874. The van der Waals surface area contributed by atoms with Gasteiger partial charge in [0.05, 0.1) is 5.56 Å². The summed E-state index contributed by atoms with van der Waals surface area (Å²) in [5.74, 6) is 0.716. The van der Waals surface area contributed by atoms with Crippen molar-refractivity contribution in [3.05, 3.63) is 59.7 Å². The quantitative estimate of drug-likeness (QED) is 0.656. The smallest absolute Gasteiger partial charge is 0.335 e. The van der Waals surface area contributed by atoms with Gasteiger partial charge in [-0.3, -0.25) is 0 Å². The van der Waals surface area contributed by atoms with Gasteiger partial charge in [-0.1, -0.05) is 23.9 Å². The molecule has 7 heteroatoms. The van der Waals surface area contributed by atoms with Crippen LogP contribution in [0.15, 0.2) is 53.7 Å². The fraction of sp³-hybridized carbons (Fsp3) is 0.167. The largest absolute Gasteiger partial charge is 0.508 e. The molecule has 0 unspecified atom stereocenters. The van der Waals surface area contributed by atoms with Gasteiger partial charge < -0.3 is 14.8 Å². The highest BCUT2D eigenvalue weighted by atomic mass is 32.2. The van der Waals surface area contributed by atoms with E-state index in [-0.39, 0.29) is 11.3 Å². The number of aromatic carboxylic acids is 1. The molecule has 0 aliphatic rings. The Morgan fingerprint density at radius 2 is 1.76 bits per heavy atom. The molecule has 0 bridgehead atoms. The average Bonchev–Trinajstić information content (AvgIpc) is 3.04. The van der Waals surface area contributed by atoms with E-state index in [2.05, 4.69) is 10.2 Å². The van der Waals surface area contributed by atoms with Gasteiger partial charge in [-0.15, -0.1) is 10.2 Å². The molecule has 2 aromatic carbocycles. The molecule has 0 aliphatic carbocycles. The van der Waals surface area contributed by atoms with Gasteiger partial charge in [0.1, 0.15) is 5.75 Å². The van der Waals surface area contributed by atoms with Crippen LogP contribution in [0.1, 0.15) is 22.8 Å². The fourth-order valence-electron chi connectivity index (χ4n) is 2.40. The van der Waals surface area contributed by atoms with Crippen molar-refractivity contribution in [2.45, 2.75) is 24.4 Å². The lowest BCUT2D eigenvalue weighted by atomic mass is 10.1. The number of benzene rings is 2. The van der Waals surface area contributed by atoms with E-state index in [4.69, 9.17) is 5.11 Å². The molecule has 0 aliphatic heterocycles. The Hall–Kier alpha value is -2.80. The zero-order chi connectivity index (χ0) is 17.8. The summed E-state index contributed by atoms with van der Waals surface area (Å²) in [5, 5.41) is 27.7. The first-order valence-electron chi connectivity index (χ1n) is 7.76. The maximum absolute atomic E-state index is 10.9. The van der Waals surface area contributed by atoms with Crippen LogP contribution in [0.4, 0.5) is 0 Å². The summed E-state index contributed by atoms with van der Waals surface area (Å²) in [4.78, 5) is 10.9. The molecule has 128 valence electrons. The second kappa shape index (κ2) is 7.40. The molecule has 0 spiro atoms. The number of phenols is 1. The molecule has 0 fully saturated rings. The lowest BCUT2D eigenvalue weighted by Crippen LogP contribution is -2.00. The van der Waals surface area contributed by atoms with Gasteiger partial charge >= 0.3 is 5.97 Å². The van der Waals surface area contributed by atoms with Gasteiger partial charge in [0.15, 0.2) is 11.0 Å². The summed E-state index contributed by atoms with van der Waals surface area (Å²) >= 11 is 1.55. The van der Waals surface area contributed by atoms with Gasteiger partial charge in [0.25, 0.3) is 0 Å². The van der Waals surface area contributed by atoms with Crippen molar-refractivity contribution in [3.8, 4) is 17.1 Å². The third kappa shape index (κ3) is 3.83. The highest BCUT2D eigenvalue weighted by Crippen LogP contribution is 2.27. The number of thioether (sulfide) groups is 1. The molecule has 2 N–H and O–H groups in total. The van der Waals surface area contributed by atoms with E-state index in [0.29, 0.717) is 5.75 Å². The summed E-state index contributed by atoms with van der Waals surface area (Å²) < 4.78 is 2.02. The van der Waals surface area contributed by atoms with Crippen LogP contribution in [-0.4, -0.2) is 30.9 Å². The molecule has 0 saturated heterocycles. The highest BCUT2D eigenvalue weighted by Gasteiger charge is 2.13. The number of nitrogens with zero attached hydrogens (tertiary/aromatic N) is 3. The molecule has 0 amide bonds. The van der Waals surface area contributed by atoms with Crippen LogP contribution in [-0.2, 0) is 12.3 Å². The Morgan fingerprint density at radius 1 is 1.08 bits per heavy atom. The number of carboxylic acid groups (broad SMARTS) is 1. The van der Waals surface area contributed by atoms with Crippen molar-refractivity contribution < 1.29 is 15.0 Å². The molecule has 3 aromatic rings. The van der Waals surface area contributed by atoms with E-state index >= 15 is 0 Å². The lowest BCUT2D eigenvalue weighted by molar-refractivity contribution is 0.0697. The summed E-state index contributed by atoms with van der Waals surface area (Å²) in [6.07, 6.45) is 0. The van der Waals surface area contributed by atoms with Crippen LogP contribution in [0.25, 0.3) is 11.4 Å². The van der Waals surface area contributed by atoms with Crippen LogP contribution in [0.3, 0.4) is 0 Å². The standard InChI is InChI=1S/C18H17N3O3S/c1-2-21-16(13-7-9-15(22)10-8-13)19-20-18(21)25-11-12-3-5-14(6-4-12)17(23)24/h3-10,22H,2,11H2,1H3,(H,23,24). The fourth-order valence-corrected chi connectivity index (χ4v) is 3.35. The maximum Gasteiger partial charge on any atom is 0.335 e. The zero-order valence-electron chi connectivity index (χ0n) is 13.6. The number of hydrogen-bond acceptors (Lipinski definition) is 5. The minimum Gasteiger partial charge on any atom is -0.508 e. The van der Waals surface area contributed by atoms with Crippen molar-refractivity contribution in [1.82, 2.24) is 14.8 Å². The number of rotatable bonds is 6. The zero-order valence-corrected chi connectivity index (χ0v) is 14.4. The molecule has 1 heterocycles. The van der Waals surface area contributed by atoms with E-state index < -0.39 is 5.97 Å². The molecule has 0 radical (unpaired) electrons. The van der Waals surface area contributed by atoms with Crippen LogP contribution in [0.5, 0.6) is 5.75 Å². The molecule has 0 saturated carbocycles. The molecule has 1 aromatic heterocycles. The predicted octanol–water partition coefficient (Wildman–Crippen LogP) is 3.66. The van der Waals surface area contributed by atoms with Gasteiger partial charge in [0.2, 0.25) is 0 Å². The first-order valence-corrected chi connectivity index (χ1v) is 8.74.